The second kappa shape index (κ2) is 4.24. The molecule has 6 nitrogen and oxygen atoms in total. The molecule has 1 rings (SSSR count). The number of hydrogen-bond donors (Lipinski definition) is 2. The molecule has 0 aromatic carbocycles. The first-order valence-corrected chi connectivity index (χ1v) is 3.23. The van der Waals surface area contributed by atoms with Crippen molar-refractivity contribution in [2.24, 2.45) is 0 Å². The van der Waals surface area contributed by atoms with Crippen LogP contribution in [0.2, 0.25) is 0 Å². The first kappa shape index (κ1) is 8.41. The number of nitrogens with one attached hydrogen (secondary N) is 2. The first-order valence-electron chi connectivity index (χ1n) is 3.23. The van der Waals surface area contributed by atoms with E-state index in [2.05, 4.69) is 32.1 Å². The normalized spacial score (nSPS) is 9.33. The predicted octanol–water partition coefficient (Wildman–Crippen LogP) is -0.348. The van der Waals surface area contributed by atoms with Crippen LogP contribution in [0.3, 0.4) is 0 Å². The topological polar surface area (TPSA) is 79.9 Å². The van der Waals surface area contributed by atoms with Crippen LogP contribution in [0, 0.1) is 0 Å². The molecule has 0 radical (unpaired) electrons. The molecule has 0 aliphatic carbocycles. The highest BCUT2D eigenvalue weighted by molar-refractivity contribution is 5.89. The molecule has 0 bridgehead atoms. The zero-order valence-corrected chi connectivity index (χ0v) is 6.28. The third-order valence-electron chi connectivity index (χ3n) is 0.996. The smallest absolute Gasteiger partial charge is 0.269 e. The van der Waals surface area contributed by atoms with Gasteiger partial charge in [-0.3, -0.25) is 14.7 Å². The fourth-order valence-corrected chi connectivity index (χ4v) is 0.529. The standard InChI is InChI=1S/C6H8N4O2/c1-2-3-12-10-6(11)5-7-4-8-9-5/h2,4H,1,3H2,(H,10,11)(H,7,8,9). The minimum absolute atomic E-state index is 0.110. The van der Waals surface area contributed by atoms with E-state index >= 15 is 0 Å². The molecular formula is C6H8N4O2. The van der Waals surface area contributed by atoms with Gasteiger partial charge in [-0.15, -0.1) is 6.58 Å². The zero-order chi connectivity index (χ0) is 8.81. The molecule has 0 saturated carbocycles. The highest BCUT2D eigenvalue weighted by Crippen LogP contribution is 1.84. The van der Waals surface area contributed by atoms with Crippen LogP contribution in [0.15, 0.2) is 19.0 Å². The lowest BCUT2D eigenvalue weighted by Crippen LogP contribution is -2.24. The summed E-state index contributed by atoms with van der Waals surface area (Å²) >= 11 is 0. The van der Waals surface area contributed by atoms with Gasteiger partial charge in [0, 0.05) is 0 Å². The van der Waals surface area contributed by atoms with Crippen LogP contribution in [0.4, 0.5) is 0 Å². The van der Waals surface area contributed by atoms with Crippen LogP contribution in [0.25, 0.3) is 0 Å². The Morgan fingerprint density at radius 1 is 1.92 bits per heavy atom. The van der Waals surface area contributed by atoms with Crippen LogP contribution in [-0.2, 0) is 4.84 Å². The fraction of sp³-hybridized carbons (Fsp3) is 0.167. The van der Waals surface area contributed by atoms with Crippen molar-refractivity contribution in [3.63, 3.8) is 0 Å². The summed E-state index contributed by atoms with van der Waals surface area (Å²) in [6.45, 7) is 3.66. The van der Waals surface area contributed by atoms with Crippen molar-refractivity contribution in [3.05, 3.63) is 24.8 Å². The third-order valence-corrected chi connectivity index (χ3v) is 0.996. The van der Waals surface area contributed by atoms with Gasteiger partial charge in [0.25, 0.3) is 0 Å². The number of hydrogen-bond acceptors (Lipinski definition) is 4. The van der Waals surface area contributed by atoms with Crippen molar-refractivity contribution in [2.75, 3.05) is 6.61 Å². The Kier molecular flexibility index (Phi) is 2.97. The maximum Gasteiger partial charge on any atom is 0.312 e. The molecular weight excluding hydrogens is 160 g/mol. The van der Waals surface area contributed by atoms with E-state index in [-0.39, 0.29) is 12.4 Å². The van der Waals surface area contributed by atoms with E-state index in [9.17, 15) is 4.79 Å². The molecule has 0 spiro atoms. The van der Waals surface area contributed by atoms with E-state index in [0.717, 1.165) is 0 Å². The van der Waals surface area contributed by atoms with Crippen LogP contribution < -0.4 is 5.48 Å². The first-order chi connectivity index (χ1) is 5.84. The monoisotopic (exact) mass is 168 g/mol. The maximum absolute atomic E-state index is 11.0. The van der Waals surface area contributed by atoms with Crippen molar-refractivity contribution in [1.82, 2.24) is 20.7 Å². The van der Waals surface area contributed by atoms with Gasteiger partial charge in [0.15, 0.2) is 0 Å². The fourth-order valence-electron chi connectivity index (χ4n) is 0.529. The Bertz CT molecular complexity index is 257. The van der Waals surface area contributed by atoms with Crippen molar-refractivity contribution in [3.8, 4) is 0 Å². The Morgan fingerprint density at radius 2 is 2.75 bits per heavy atom. The molecule has 2 N–H and O–H groups in total. The number of carbonyl (C=O) groups excluding carboxylic acids is 1. The molecule has 1 aromatic rings. The molecule has 6 heteroatoms. The molecule has 1 amide bonds. The van der Waals surface area contributed by atoms with Gasteiger partial charge in [0.2, 0.25) is 5.82 Å². The predicted molar refractivity (Wildman–Crippen MR) is 40.0 cm³/mol. The number of aromatic nitrogens is 3. The highest BCUT2D eigenvalue weighted by Gasteiger charge is 2.06. The molecule has 1 heterocycles. The second-order valence-corrected chi connectivity index (χ2v) is 1.86. The summed E-state index contributed by atoms with van der Waals surface area (Å²) < 4.78 is 0. The second-order valence-electron chi connectivity index (χ2n) is 1.86. The van der Waals surface area contributed by atoms with Crippen molar-refractivity contribution in [2.45, 2.75) is 0 Å². The molecule has 0 unspecified atom stereocenters. The van der Waals surface area contributed by atoms with E-state index in [1.165, 1.54) is 12.4 Å². The summed E-state index contributed by atoms with van der Waals surface area (Å²) in [5, 5.41) is 5.88. The largest absolute Gasteiger partial charge is 0.312 e. The maximum atomic E-state index is 11.0. The number of hydroxylamine groups is 1. The van der Waals surface area contributed by atoms with E-state index in [0.29, 0.717) is 0 Å². The van der Waals surface area contributed by atoms with Crippen LogP contribution in [0.1, 0.15) is 10.6 Å². The van der Waals surface area contributed by atoms with Crippen molar-refractivity contribution in [1.29, 1.82) is 0 Å². The summed E-state index contributed by atoms with van der Waals surface area (Å²) in [6.07, 6.45) is 2.75. The van der Waals surface area contributed by atoms with Gasteiger partial charge in [-0.2, -0.15) is 5.10 Å². The average molecular weight is 168 g/mol. The number of nitrogens with zero attached hydrogens (tertiary/aromatic N) is 2. The molecule has 0 fully saturated rings. The van der Waals surface area contributed by atoms with Crippen molar-refractivity contribution < 1.29 is 9.63 Å². The van der Waals surface area contributed by atoms with Gasteiger partial charge >= 0.3 is 5.91 Å². The summed E-state index contributed by atoms with van der Waals surface area (Å²) in [6, 6.07) is 0. The summed E-state index contributed by atoms with van der Waals surface area (Å²) in [5.41, 5.74) is 2.14. The van der Waals surface area contributed by atoms with E-state index in [4.69, 9.17) is 0 Å². The zero-order valence-electron chi connectivity index (χ0n) is 6.28. The molecule has 12 heavy (non-hydrogen) atoms. The summed E-state index contributed by atoms with van der Waals surface area (Å²) in [7, 11) is 0. The Morgan fingerprint density at radius 3 is 3.33 bits per heavy atom. The number of amides is 1. The van der Waals surface area contributed by atoms with Gasteiger partial charge < -0.3 is 0 Å². The summed E-state index contributed by atoms with van der Waals surface area (Å²) in [5.74, 6) is -0.353. The molecule has 0 atom stereocenters. The minimum atomic E-state index is -0.464. The van der Waals surface area contributed by atoms with E-state index in [1.807, 2.05) is 0 Å². The molecule has 0 aliphatic rings. The van der Waals surface area contributed by atoms with Gasteiger partial charge in [-0.25, -0.2) is 10.5 Å². The Balaban J connectivity index is 2.34. The quantitative estimate of drug-likeness (QED) is 0.366. The minimum Gasteiger partial charge on any atom is -0.269 e. The summed E-state index contributed by atoms with van der Waals surface area (Å²) in [4.78, 5) is 19.2. The van der Waals surface area contributed by atoms with E-state index in [1.54, 1.807) is 0 Å². The van der Waals surface area contributed by atoms with Crippen LogP contribution in [-0.4, -0.2) is 27.7 Å². The lowest BCUT2D eigenvalue weighted by molar-refractivity contribution is 0.0412. The van der Waals surface area contributed by atoms with Gasteiger partial charge in [-0.05, 0) is 0 Å². The van der Waals surface area contributed by atoms with Gasteiger partial charge in [-0.1, -0.05) is 6.08 Å². The Labute approximate surface area is 68.6 Å². The van der Waals surface area contributed by atoms with E-state index < -0.39 is 5.91 Å². The molecule has 0 aliphatic heterocycles. The van der Waals surface area contributed by atoms with Gasteiger partial charge in [0.1, 0.15) is 6.33 Å². The van der Waals surface area contributed by atoms with Crippen LogP contribution in [0.5, 0.6) is 0 Å². The van der Waals surface area contributed by atoms with Gasteiger partial charge in [0.05, 0.1) is 6.61 Å². The molecule has 0 saturated heterocycles. The Hall–Kier alpha value is -1.69. The van der Waals surface area contributed by atoms with Crippen LogP contribution >= 0.6 is 0 Å². The number of aromatic amines is 1. The highest BCUT2D eigenvalue weighted by atomic mass is 16.6. The average Bonchev–Trinajstić information content (AvgIpc) is 2.56. The molecule has 64 valence electrons. The SMILES string of the molecule is C=CCONC(=O)c1ncn[nH]1. The molecule has 1 aromatic heterocycles. The number of rotatable bonds is 4. The number of H-pyrrole nitrogens is 1. The lowest BCUT2D eigenvalue weighted by Gasteiger charge is -1.99. The number of carbonyl (C=O) groups is 1. The third kappa shape index (κ3) is 2.17. The van der Waals surface area contributed by atoms with Crippen molar-refractivity contribution >= 4 is 5.91 Å². The lowest BCUT2D eigenvalue weighted by atomic mass is 10.6.